The maximum atomic E-state index is 6.22. The molecule has 0 amide bonds. The highest BCUT2D eigenvalue weighted by Crippen LogP contribution is 2.41. The molecule has 0 aliphatic carbocycles. The fraction of sp³-hybridized carbons (Fsp3) is 0. The van der Waals surface area contributed by atoms with Crippen LogP contribution in [0, 0.1) is 0 Å². The molecule has 4 heterocycles. The highest BCUT2D eigenvalue weighted by atomic mass is 16.3. The van der Waals surface area contributed by atoms with Gasteiger partial charge in [0.25, 0.3) is 0 Å². The van der Waals surface area contributed by atoms with Crippen molar-refractivity contribution in [1.82, 2.24) is 13.7 Å². The van der Waals surface area contributed by atoms with Crippen LogP contribution in [0.4, 0.5) is 0 Å². The van der Waals surface area contributed by atoms with E-state index in [0.717, 1.165) is 50.1 Å². The molecule has 0 unspecified atom stereocenters. The van der Waals surface area contributed by atoms with Gasteiger partial charge in [-0.05, 0) is 96.1 Å². The second-order valence-corrected chi connectivity index (χ2v) is 15.3. The highest BCUT2D eigenvalue weighted by Gasteiger charge is 2.19. The molecule has 4 aromatic heterocycles. The number of benzene rings is 9. The first-order valence-electron chi connectivity index (χ1n) is 19.8. The zero-order valence-electron chi connectivity index (χ0n) is 31.3. The fourth-order valence-corrected chi connectivity index (χ4v) is 9.71. The number of furan rings is 1. The standard InChI is InChI=1S/C54H33N3O/c1-7-19-47-39(13-1)40-14-2-8-20-48(40)56(47)37-29-35(30-38(32-37)57-49-21-9-3-15-41(49)42-16-4-10-22-50(42)57)34-25-27-52-45(31-34)43-17-5-11-23-51(43)55(52)36-26-28-54-46(33-36)44-18-6-12-24-53(44)58-54/h1-33H. The fourth-order valence-electron chi connectivity index (χ4n) is 9.71. The van der Waals surface area contributed by atoms with Gasteiger partial charge in [0.15, 0.2) is 0 Å². The van der Waals surface area contributed by atoms with Gasteiger partial charge in [-0.25, -0.2) is 0 Å². The van der Waals surface area contributed by atoms with E-state index in [1.54, 1.807) is 0 Å². The average Bonchev–Trinajstić information content (AvgIpc) is 4.02. The number of nitrogens with zero attached hydrogens (tertiary/aromatic N) is 3. The van der Waals surface area contributed by atoms with Gasteiger partial charge in [0.2, 0.25) is 0 Å². The summed E-state index contributed by atoms with van der Waals surface area (Å²) >= 11 is 0. The van der Waals surface area contributed by atoms with Crippen molar-refractivity contribution in [1.29, 1.82) is 0 Å². The molecule has 4 nitrogen and oxygen atoms in total. The lowest BCUT2D eigenvalue weighted by atomic mass is 10.0. The van der Waals surface area contributed by atoms with E-state index in [2.05, 4.69) is 202 Å². The summed E-state index contributed by atoms with van der Waals surface area (Å²) in [6.07, 6.45) is 0. The van der Waals surface area contributed by atoms with Gasteiger partial charge in [-0.1, -0.05) is 115 Å². The Bertz CT molecular complexity index is 3580. The monoisotopic (exact) mass is 739 g/mol. The third-order valence-electron chi connectivity index (χ3n) is 12.2. The van der Waals surface area contributed by atoms with E-state index in [-0.39, 0.29) is 0 Å². The molecule has 58 heavy (non-hydrogen) atoms. The molecule has 9 aromatic carbocycles. The zero-order valence-corrected chi connectivity index (χ0v) is 31.3. The van der Waals surface area contributed by atoms with E-state index in [4.69, 9.17) is 4.42 Å². The molecule has 0 fully saturated rings. The Kier molecular flexibility index (Phi) is 6.41. The van der Waals surface area contributed by atoms with Gasteiger partial charge in [0.1, 0.15) is 11.2 Å². The summed E-state index contributed by atoms with van der Waals surface area (Å²) in [6.45, 7) is 0. The summed E-state index contributed by atoms with van der Waals surface area (Å²) in [7, 11) is 0. The van der Waals surface area contributed by atoms with E-state index >= 15 is 0 Å². The number of fused-ring (bicyclic) bond motifs is 12. The summed E-state index contributed by atoms with van der Waals surface area (Å²) in [4.78, 5) is 0. The lowest BCUT2D eigenvalue weighted by Crippen LogP contribution is -2.00. The normalized spacial score (nSPS) is 12.1. The molecule has 0 N–H and O–H groups in total. The largest absolute Gasteiger partial charge is 0.456 e. The van der Waals surface area contributed by atoms with Crippen LogP contribution in [0.2, 0.25) is 0 Å². The summed E-state index contributed by atoms with van der Waals surface area (Å²) in [5.74, 6) is 0. The third kappa shape index (κ3) is 4.40. The number of hydrogen-bond acceptors (Lipinski definition) is 1. The van der Waals surface area contributed by atoms with Gasteiger partial charge in [-0.15, -0.1) is 0 Å². The zero-order chi connectivity index (χ0) is 37.9. The first-order valence-corrected chi connectivity index (χ1v) is 19.8. The summed E-state index contributed by atoms with van der Waals surface area (Å²) in [6, 6.07) is 72.8. The van der Waals surface area contributed by atoms with E-state index in [1.807, 2.05) is 12.1 Å². The minimum Gasteiger partial charge on any atom is -0.456 e. The summed E-state index contributed by atoms with van der Waals surface area (Å²) < 4.78 is 13.5. The number of rotatable bonds is 4. The van der Waals surface area contributed by atoms with Crippen LogP contribution in [0.5, 0.6) is 0 Å². The minimum atomic E-state index is 0.898. The maximum absolute atomic E-state index is 6.22. The number of hydrogen-bond donors (Lipinski definition) is 0. The van der Waals surface area contributed by atoms with Crippen LogP contribution in [0.15, 0.2) is 205 Å². The number of para-hydroxylation sites is 6. The Balaban J connectivity index is 1.08. The van der Waals surface area contributed by atoms with Crippen LogP contribution in [0.3, 0.4) is 0 Å². The molecular weight excluding hydrogens is 707 g/mol. The van der Waals surface area contributed by atoms with Crippen molar-refractivity contribution >= 4 is 87.4 Å². The van der Waals surface area contributed by atoms with Crippen LogP contribution in [0.1, 0.15) is 0 Å². The van der Waals surface area contributed by atoms with E-state index in [9.17, 15) is 0 Å². The van der Waals surface area contributed by atoms with Crippen LogP contribution in [-0.4, -0.2) is 13.7 Å². The van der Waals surface area contributed by atoms with Crippen LogP contribution < -0.4 is 0 Å². The molecule has 13 aromatic rings. The second kappa shape index (κ2) is 11.8. The average molecular weight is 740 g/mol. The second-order valence-electron chi connectivity index (χ2n) is 15.3. The molecular formula is C54H33N3O. The van der Waals surface area contributed by atoms with Gasteiger partial charge in [0, 0.05) is 60.2 Å². The number of aromatic nitrogens is 3. The van der Waals surface area contributed by atoms with Crippen molar-refractivity contribution in [3.05, 3.63) is 200 Å². The molecule has 4 heteroatoms. The topological polar surface area (TPSA) is 27.9 Å². The lowest BCUT2D eigenvalue weighted by molar-refractivity contribution is 0.669. The Hall–Kier alpha value is -7.82. The first kappa shape index (κ1) is 31.4. The van der Waals surface area contributed by atoms with Gasteiger partial charge in [-0.2, -0.15) is 0 Å². The molecule has 0 atom stereocenters. The Morgan fingerprint density at radius 1 is 0.241 bits per heavy atom. The van der Waals surface area contributed by atoms with Gasteiger partial charge < -0.3 is 18.1 Å². The molecule has 0 radical (unpaired) electrons. The molecule has 0 spiro atoms. The molecule has 0 saturated heterocycles. The van der Waals surface area contributed by atoms with Crippen molar-refractivity contribution in [3.63, 3.8) is 0 Å². The minimum absolute atomic E-state index is 0.898. The van der Waals surface area contributed by atoms with Crippen molar-refractivity contribution in [2.75, 3.05) is 0 Å². The summed E-state index contributed by atoms with van der Waals surface area (Å²) in [5.41, 5.74) is 14.6. The van der Waals surface area contributed by atoms with E-state index in [0.29, 0.717) is 0 Å². The third-order valence-corrected chi connectivity index (χ3v) is 12.2. The highest BCUT2D eigenvalue weighted by molar-refractivity contribution is 6.13. The molecule has 270 valence electrons. The van der Waals surface area contributed by atoms with E-state index < -0.39 is 0 Å². The molecule has 13 rings (SSSR count). The Morgan fingerprint density at radius 3 is 1.19 bits per heavy atom. The van der Waals surface area contributed by atoms with Crippen molar-refractivity contribution in [3.8, 4) is 28.2 Å². The van der Waals surface area contributed by atoms with Crippen molar-refractivity contribution in [2.45, 2.75) is 0 Å². The smallest absolute Gasteiger partial charge is 0.135 e. The quantitative estimate of drug-likeness (QED) is 0.177. The maximum Gasteiger partial charge on any atom is 0.135 e. The summed E-state index contributed by atoms with van der Waals surface area (Å²) in [5, 5.41) is 9.68. The van der Waals surface area contributed by atoms with Crippen LogP contribution in [0.25, 0.3) is 116 Å². The van der Waals surface area contributed by atoms with Gasteiger partial charge in [-0.3, -0.25) is 0 Å². The van der Waals surface area contributed by atoms with Crippen molar-refractivity contribution < 1.29 is 4.42 Å². The lowest BCUT2D eigenvalue weighted by Gasteiger charge is -2.16. The predicted molar refractivity (Wildman–Crippen MR) is 242 cm³/mol. The molecule has 0 saturated carbocycles. The molecule has 0 aliphatic rings. The Morgan fingerprint density at radius 2 is 0.655 bits per heavy atom. The molecule has 0 aliphatic heterocycles. The van der Waals surface area contributed by atoms with Crippen LogP contribution in [-0.2, 0) is 0 Å². The predicted octanol–water partition coefficient (Wildman–Crippen LogP) is 14.5. The van der Waals surface area contributed by atoms with Gasteiger partial charge in [0.05, 0.1) is 33.1 Å². The SMILES string of the molecule is c1ccc2c(c1)oc1ccc(-n3c4ccccc4c4cc(-c5cc(-n6c7ccccc7c7ccccc76)cc(-n6c7ccccc7c7ccccc76)c5)ccc43)cc12. The van der Waals surface area contributed by atoms with Crippen LogP contribution >= 0.6 is 0 Å². The van der Waals surface area contributed by atoms with Crippen molar-refractivity contribution in [2.24, 2.45) is 0 Å². The van der Waals surface area contributed by atoms with E-state index in [1.165, 1.54) is 65.4 Å². The Labute approximate surface area is 332 Å². The van der Waals surface area contributed by atoms with Gasteiger partial charge >= 0.3 is 0 Å². The molecule has 0 bridgehead atoms. The first-order chi connectivity index (χ1) is 28.8.